The van der Waals surface area contributed by atoms with Crippen LogP contribution in [0.15, 0.2) is 0 Å². The van der Waals surface area contributed by atoms with Crippen molar-refractivity contribution in [1.29, 1.82) is 0 Å². The molecule has 0 aromatic rings. The quantitative estimate of drug-likeness (QED) is 0.769. The van der Waals surface area contributed by atoms with Crippen molar-refractivity contribution in [3.63, 3.8) is 0 Å². The summed E-state index contributed by atoms with van der Waals surface area (Å²) in [6.07, 6.45) is 6.72. The first-order valence-electron chi connectivity index (χ1n) is 7.25. The summed E-state index contributed by atoms with van der Waals surface area (Å²) in [6, 6.07) is 0.566. The van der Waals surface area contributed by atoms with Crippen LogP contribution in [0.4, 0.5) is 0 Å². The zero-order valence-electron chi connectivity index (χ0n) is 11.3. The van der Waals surface area contributed by atoms with E-state index in [1.807, 2.05) is 0 Å². The van der Waals surface area contributed by atoms with Crippen molar-refractivity contribution in [3.8, 4) is 0 Å². The van der Waals surface area contributed by atoms with Gasteiger partial charge in [0, 0.05) is 19.1 Å². The van der Waals surface area contributed by atoms with Gasteiger partial charge in [0.2, 0.25) is 5.91 Å². The van der Waals surface area contributed by atoms with Crippen LogP contribution >= 0.6 is 0 Å². The third-order valence-electron chi connectivity index (χ3n) is 4.14. The third kappa shape index (κ3) is 2.65. The van der Waals surface area contributed by atoms with Crippen LogP contribution in [0.3, 0.4) is 0 Å². The molecule has 0 bridgehead atoms. The number of hydrogen-bond acceptors (Lipinski definition) is 2. The standard InChI is InChI=1S/C14H26N2O/c1-3-7-14(8-9-15-11-14)13(17)16(10-4-2)12-5-6-12/h12,15H,3-11H2,1-2H3. The minimum absolute atomic E-state index is 0.0769. The molecule has 1 saturated carbocycles. The van der Waals surface area contributed by atoms with E-state index in [4.69, 9.17) is 0 Å². The molecule has 1 unspecified atom stereocenters. The molecular weight excluding hydrogens is 212 g/mol. The Morgan fingerprint density at radius 2 is 2.12 bits per heavy atom. The normalized spacial score (nSPS) is 28.4. The van der Waals surface area contributed by atoms with Gasteiger partial charge in [0.1, 0.15) is 0 Å². The summed E-state index contributed by atoms with van der Waals surface area (Å²) in [7, 11) is 0. The lowest BCUT2D eigenvalue weighted by atomic mass is 9.81. The van der Waals surface area contributed by atoms with E-state index in [9.17, 15) is 4.79 Å². The van der Waals surface area contributed by atoms with Crippen LogP contribution in [-0.2, 0) is 4.79 Å². The maximum absolute atomic E-state index is 12.8. The van der Waals surface area contributed by atoms with Gasteiger partial charge >= 0.3 is 0 Å². The van der Waals surface area contributed by atoms with Gasteiger partial charge in [0.05, 0.1) is 5.41 Å². The predicted octanol–water partition coefficient (Wildman–Crippen LogP) is 2.17. The van der Waals surface area contributed by atoms with Gasteiger partial charge in [-0.15, -0.1) is 0 Å². The van der Waals surface area contributed by atoms with Crippen molar-refractivity contribution in [1.82, 2.24) is 10.2 Å². The van der Waals surface area contributed by atoms with Crippen molar-refractivity contribution >= 4 is 5.91 Å². The van der Waals surface area contributed by atoms with Gasteiger partial charge in [0.25, 0.3) is 0 Å². The second-order valence-corrected chi connectivity index (χ2v) is 5.69. The predicted molar refractivity (Wildman–Crippen MR) is 69.9 cm³/mol. The summed E-state index contributed by atoms with van der Waals surface area (Å²) < 4.78 is 0. The number of nitrogens with zero attached hydrogens (tertiary/aromatic N) is 1. The fraction of sp³-hybridized carbons (Fsp3) is 0.929. The summed E-state index contributed by atoms with van der Waals surface area (Å²) in [5.41, 5.74) is -0.0769. The van der Waals surface area contributed by atoms with E-state index >= 15 is 0 Å². The van der Waals surface area contributed by atoms with E-state index < -0.39 is 0 Å². The Hall–Kier alpha value is -0.570. The van der Waals surface area contributed by atoms with Crippen molar-refractivity contribution in [2.45, 2.75) is 58.4 Å². The zero-order valence-corrected chi connectivity index (χ0v) is 11.3. The molecular formula is C14H26N2O. The molecule has 0 aromatic heterocycles. The van der Waals surface area contributed by atoms with Crippen LogP contribution in [-0.4, -0.2) is 36.5 Å². The van der Waals surface area contributed by atoms with Crippen LogP contribution < -0.4 is 5.32 Å². The Kier molecular flexibility index (Phi) is 4.08. The van der Waals surface area contributed by atoms with E-state index in [2.05, 4.69) is 24.1 Å². The molecule has 0 spiro atoms. The highest BCUT2D eigenvalue weighted by molar-refractivity contribution is 5.84. The van der Waals surface area contributed by atoms with Gasteiger partial charge in [0.15, 0.2) is 0 Å². The number of hydrogen-bond donors (Lipinski definition) is 1. The third-order valence-corrected chi connectivity index (χ3v) is 4.14. The Morgan fingerprint density at radius 3 is 2.59 bits per heavy atom. The molecule has 0 aromatic carbocycles. The summed E-state index contributed by atoms with van der Waals surface area (Å²) in [5.74, 6) is 0.439. The number of carbonyl (C=O) groups is 1. The van der Waals surface area contributed by atoms with E-state index in [0.29, 0.717) is 11.9 Å². The maximum Gasteiger partial charge on any atom is 0.230 e. The second-order valence-electron chi connectivity index (χ2n) is 5.69. The second kappa shape index (κ2) is 5.38. The van der Waals surface area contributed by atoms with E-state index in [1.54, 1.807) is 0 Å². The van der Waals surface area contributed by atoms with Crippen molar-refractivity contribution in [2.24, 2.45) is 5.41 Å². The molecule has 3 nitrogen and oxygen atoms in total. The van der Waals surface area contributed by atoms with Crippen LogP contribution in [0.1, 0.15) is 52.4 Å². The molecule has 2 fully saturated rings. The smallest absolute Gasteiger partial charge is 0.230 e. The SMILES string of the molecule is CCCN(C(=O)C1(CCC)CCNC1)C1CC1. The van der Waals surface area contributed by atoms with Crippen molar-refractivity contribution in [3.05, 3.63) is 0 Å². The fourth-order valence-electron chi connectivity index (χ4n) is 3.11. The van der Waals surface area contributed by atoms with Gasteiger partial charge < -0.3 is 10.2 Å². The summed E-state index contributed by atoms with van der Waals surface area (Å²) in [4.78, 5) is 15.0. The lowest BCUT2D eigenvalue weighted by molar-refractivity contribution is -0.142. The molecule has 1 heterocycles. The van der Waals surface area contributed by atoms with Crippen LogP contribution in [0.25, 0.3) is 0 Å². The van der Waals surface area contributed by atoms with Crippen molar-refractivity contribution < 1.29 is 4.79 Å². The Morgan fingerprint density at radius 1 is 1.35 bits per heavy atom. The molecule has 3 heteroatoms. The number of amides is 1. The van der Waals surface area contributed by atoms with Crippen LogP contribution in [0.5, 0.6) is 0 Å². The highest BCUT2D eigenvalue weighted by Crippen LogP contribution is 2.37. The van der Waals surface area contributed by atoms with Crippen LogP contribution in [0.2, 0.25) is 0 Å². The maximum atomic E-state index is 12.8. The molecule has 2 rings (SSSR count). The Balaban J connectivity index is 2.08. The molecule has 17 heavy (non-hydrogen) atoms. The van der Waals surface area contributed by atoms with E-state index in [-0.39, 0.29) is 5.41 Å². The molecule has 1 aliphatic heterocycles. The van der Waals surface area contributed by atoms with Gasteiger partial charge in [-0.1, -0.05) is 20.3 Å². The first-order valence-corrected chi connectivity index (χ1v) is 7.25. The van der Waals surface area contributed by atoms with Gasteiger partial charge in [-0.05, 0) is 38.6 Å². The molecule has 2 aliphatic rings. The molecule has 1 amide bonds. The minimum atomic E-state index is -0.0769. The molecule has 1 N–H and O–H groups in total. The summed E-state index contributed by atoms with van der Waals surface area (Å²) in [5, 5.41) is 3.39. The molecule has 1 atom stereocenters. The molecule has 98 valence electrons. The summed E-state index contributed by atoms with van der Waals surface area (Å²) >= 11 is 0. The highest BCUT2D eigenvalue weighted by atomic mass is 16.2. The average Bonchev–Trinajstić information content (AvgIpc) is 3.06. The van der Waals surface area contributed by atoms with Crippen LogP contribution in [0, 0.1) is 5.41 Å². The lowest BCUT2D eigenvalue weighted by Gasteiger charge is -2.34. The lowest BCUT2D eigenvalue weighted by Crippen LogP contribution is -2.46. The Bertz CT molecular complexity index is 267. The summed E-state index contributed by atoms with van der Waals surface area (Å²) in [6.45, 7) is 7.22. The number of rotatable bonds is 6. The van der Waals surface area contributed by atoms with Gasteiger partial charge in [-0.25, -0.2) is 0 Å². The fourth-order valence-corrected chi connectivity index (χ4v) is 3.11. The zero-order chi connectivity index (χ0) is 12.3. The molecule has 0 radical (unpaired) electrons. The largest absolute Gasteiger partial charge is 0.339 e. The first-order chi connectivity index (χ1) is 8.23. The van der Waals surface area contributed by atoms with Gasteiger partial charge in [-0.2, -0.15) is 0 Å². The Labute approximate surface area is 105 Å². The van der Waals surface area contributed by atoms with Gasteiger partial charge in [-0.3, -0.25) is 4.79 Å². The number of carbonyl (C=O) groups excluding carboxylic acids is 1. The number of nitrogens with one attached hydrogen (secondary N) is 1. The highest BCUT2D eigenvalue weighted by Gasteiger charge is 2.45. The monoisotopic (exact) mass is 238 g/mol. The molecule has 1 aliphatic carbocycles. The first kappa shape index (κ1) is 12.9. The van der Waals surface area contributed by atoms with E-state index in [1.165, 1.54) is 12.8 Å². The topological polar surface area (TPSA) is 32.3 Å². The van der Waals surface area contributed by atoms with E-state index in [0.717, 1.165) is 45.3 Å². The molecule has 1 saturated heterocycles. The minimum Gasteiger partial charge on any atom is -0.339 e. The average molecular weight is 238 g/mol. The van der Waals surface area contributed by atoms with Crippen molar-refractivity contribution in [2.75, 3.05) is 19.6 Å².